The number of hydrogen-bond donors (Lipinski definition) is 2. The molecule has 1 aromatic heterocycles. The second-order valence-corrected chi connectivity index (χ2v) is 10.5. The topological polar surface area (TPSA) is 113 Å². The fourth-order valence-electron chi connectivity index (χ4n) is 4.52. The maximum absolute atomic E-state index is 13.1. The predicted octanol–water partition coefficient (Wildman–Crippen LogP) is 4.05. The molecule has 37 heavy (non-hydrogen) atoms. The van der Waals surface area contributed by atoms with E-state index in [1.807, 2.05) is 41.3 Å². The molecule has 2 N–H and O–H groups in total. The molecule has 0 unspecified atom stereocenters. The highest BCUT2D eigenvalue weighted by Crippen LogP contribution is 2.24. The molecule has 3 aromatic carbocycles. The van der Waals surface area contributed by atoms with Gasteiger partial charge in [0.05, 0.1) is 17.1 Å². The van der Waals surface area contributed by atoms with E-state index in [9.17, 15) is 13.7 Å². The summed E-state index contributed by atoms with van der Waals surface area (Å²) in [4.78, 5) is 8.68. The zero-order chi connectivity index (χ0) is 25.8. The lowest BCUT2D eigenvalue weighted by molar-refractivity contribution is 0.175. The summed E-state index contributed by atoms with van der Waals surface area (Å²) < 4.78 is 28.7. The van der Waals surface area contributed by atoms with E-state index < -0.39 is 10.0 Å². The quantitative estimate of drug-likeness (QED) is 0.299. The summed E-state index contributed by atoms with van der Waals surface area (Å²) >= 11 is 0. The SMILES string of the molecule is N#Cc1ccccc1CN1CCN(C(=N)c2ccc(NS(=O)(=O)c3cccc4cccnc34)cc2)CC1. The van der Waals surface area contributed by atoms with E-state index in [2.05, 4.69) is 20.7 Å². The van der Waals surface area contributed by atoms with Crippen molar-refractivity contribution in [2.75, 3.05) is 30.9 Å². The normalized spacial score (nSPS) is 14.3. The number of nitriles is 1. The molecule has 0 aliphatic carbocycles. The number of nitrogens with zero attached hydrogens (tertiary/aromatic N) is 4. The van der Waals surface area contributed by atoms with Gasteiger partial charge in [-0.05, 0) is 48.0 Å². The second-order valence-electron chi connectivity index (χ2n) is 8.89. The van der Waals surface area contributed by atoms with Crippen LogP contribution in [0.15, 0.2) is 90.0 Å². The van der Waals surface area contributed by atoms with Crippen molar-refractivity contribution in [3.8, 4) is 6.07 Å². The number of para-hydroxylation sites is 1. The van der Waals surface area contributed by atoms with Crippen LogP contribution in [0, 0.1) is 16.7 Å². The Labute approximate surface area is 216 Å². The highest BCUT2D eigenvalue weighted by Gasteiger charge is 2.22. The molecule has 1 saturated heterocycles. The molecular weight excluding hydrogens is 484 g/mol. The summed E-state index contributed by atoms with van der Waals surface area (Å²) in [5.41, 5.74) is 3.28. The zero-order valence-corrected chi connectivity index (χ0v) is 20.9. The molecule has 9 heteroatoms. The average Bonchev–Trinajstić information content (AvgIpc) is 2.93. The summed E-state index contributed by atoms with van der Waals surface area (Å²) in [7, 11) is -3.83. The number of pyridine rings is 1. The molecule has 1 fully saturated rings. The smallest absolute Gasteiger partial charge is 0.264 e. The van der Waals surface area contributed by atoms with Gasteiger partial charge in [0, 0.05) is 55.6 Å². The minimum atomic E-state index is -3.83. The number of hydrogen-bond acceptors (Lipinski definition) is 6. The van der Waals surface area contributed by atoms with Crippen LogP contribution in [0.3, 0.4) is 0 Å². The number of piperazine rings is 1. The van der Waals surface area contributed by atoms with Gasteiger partial charge in [-0.1, -0.05) is 36.4 Å². The third-order valence-corrected chi connectivity index (χ3v) is 7.93. The van der Waals surface area contributed by atoms with Crippen LogP contribution in [-0.2, 0) is 16.6 Å². The Kier molecular flexibility index (Phi) is 6.86. The maximum atomic E-state index is 13.1. The lowest BCUT2D eigenvalue weighted by Gasteiger charge is -2.36. The fourth-order valence-corrected chi connectivity index (χ4v) is 5.76. The molecule has 0 atom stereocenters. The number of rotatable bonds is 6. The number of benzene rings is 3. The first-order valence-corrected chi connectivity index (χ1v) is 13.4. The Hall–Kier alpha value is -4.26. The zero-order valence-electron chi connectivity index (χ0n) is 20.1. The lowest BCUT2D eigenvalue weighted by atomic mass is 10.1. The van der Waals surface area contributed by atoms with Gasteiger partial charge in [-0.15, -0.1) is 0 Å². The van der Waals surface area contributed by atoms with Gasteiger partial charge >= 0.3 is 0 Å². The number of aromatic nitrogens is 1. The van der Waals surface area contributed by atoms with E-state index in [1.165, 1.54) is 0 Å². The van der Waals surface area contributed by atoms with Crippen LogP contribution in [0.4, 0.5) is 5.69 Å². The van der Waals surface area contributed by atoms with Gasteiger partial charge < -0.3 is 4.90 Å². The van der Waals surface area contributed by atoms with Crippen molar-refractivity contribution in [2.45, 2.75) is 11.4 Å². The summed E-state index contributed by atoms with van der Waals surface area (Å²) in [5, 5.41) is 18.7. The number of fused-ring (bicyclic) bond motifs is 1. The van der Waals surface area contributed by atoms with Crippen molar-refractivity contribution >= 4 is 32.4 Å². The van der Waals surface area contributed by atoms with Gasteiger partial charge in [-0.2, -0.15) is 5.26 Å². The molecule has 4 aromatic rings. The number of amidine groups is 1. The van der Waals surface area contributed by atoms with Gasteiger partial charge in [0.25, 0.3) is 10.0 Å². The molecule has 1 aliphatic heterocycles. The van der Waals surface area contributed by atoms with Crippen molar-refractivity contribution in [1.82, 2.24) is 14.8 Å². The highest BCUT2D eigenvalue weighted by atomic mass is 32.2. The molecule has 0 saturated carbocycles. The molecular formula is C28H26N6O2S. The van der Waals surface area contributed by atoms with Crippen molar-refractivity contribution < 1.29 is 8.42 Å². The number of anilines is 1. The largest absolute Gasteiger partial charge is 0.354 e. The monoisotopic (exact) mass is 510 g/mol. The Bertz CT molecular complexity index is 1580. The number of nitrogens with one attached hydrogen (secondary N) is 2. The Morgan fingerprint density at radius 2 is 1.68 bits per heavy atom. The van der Waals surface area contributed by atoms with Crippen LogP contribution in [0.25, 0.3) is 10.9 Å². The summed E-state index contributed by atoms with van der Waals surface area (Å²) in [6, 6.07) is 25.4. The molecule has 5 rings (SSSR count). The molecule has 0 bridgehead atoms. The Morgan fingerprint density at radius 1 is 0.946 bits per heavy atom. The minimum absolute atomic E-state index is 0.123. The van der Waals surface area contributed by atoms with Crippen molar-refractivity contribution in [3.05, 3.63) is 102 Å². The van der Waals surface area contributed by atoms with Crippen LogP contribution >= 0.6 is 0 Å². The van der Waals surface area contributed by atoms with E-state index in [0.717, 1.165) is 29.6 Å². The molecule has 8 nitrogen and oxygen atoms in total. The van der Waals surface area contributed by atoms with Crippen LogP contribution in [0.5, 0.6) is 0 Å². The molecule has 1 aliphatic rings. The summed E-state index contributed by atoms with van der Waals surface area (Å²) in [5.74, 6) is 0.407. The van der Waals surface area contributed by atoms with E-state index in [0.29, 0.717) is 42.2 Å². The molecule has 0 amide bonds. The van der Waals surface area contributed by atoms with Gasteiger partial charge in [0.2, 0.25) is 0 Å². The van der Waals surface area contributed by atoms with E-state index in [1.54, 1.807) is 48.7 Å². The summed E-state index contributed by atoms with van der Waals surface area (Å²) in [6.45, 7) is 3.70. The Balaban J connectivity index is 1.22. The molecule has 186 valence electrons. The van der Waals surface area contributed by atoms with Gasteiger partial charge in [-0.25, -0.2) is 8.42 Å². The first kappa shape index (κ1) is 24.4. The van der Waals surface area contributed by atoms with Crippen LogP contribution in [0.1, 0.15) is 16.7 Å². The standard InChI is InChI=1S/C28H26N6O2S/c29-19-23-5-1-2-6-24(23)20-33-15-17-34(18-16-33)28(30)22-10-12-25(13-11-22)32-37(35,36)26-9-3-7-21-8-4-14-31-27(21)26/h1-14,30,32H,15-18,20H2. The third kappa shape index (κ3) is 5.31. The number of sulfonamides is 1. The molecule has 2 heterocycles. The van der Waals surface area contributed by atoms with E-state index in [-0.39, 0.29) is 4.90 Å². The third-order valence-electron chi connectivity index (χ3n) is 6.52. The van der Waals surface area contributed by atoms with Gasteiger partial charge in [0.1, 0.15) is 10.7 Å². The maximum Gasteiger partial charge on any atom is 0.264 e. The van der Waals surface area contributed by atoms with Crippen molar-refractivity contribution in [2.24, 2.45) is 0 Å². The minimum Gasteiger partial charge on any atom is -0.354 e. The fraction of sp³-hybridized carbons (Fsp3) is 0.179. The summed E-state index contributed by atoms with van der Waals surface area (Å²) in [6.07, 6.45) is 1.58. The van der Waals surface area contributed by atoms with Gasteiger partial charge in [0.15, 0.2) is 0 Å². The van der Waals surface area contributed by atoms with Crippen molar-refractivity contribution in [3.63, 3.8) is 0 Å². The Morgan fingerprint density at radius 3 is 2.43 bits per heavy atom. The first-order chi connectivity index (χ1) is 17.9. The van der Waals surface area contributed by atoms with Gasteiger partial charge in [-0.3, -0.25) is 20.0 Å². The van der Waals surface area contributed by atoms with E-state index >= 15 is 0 Å². The highest BCUT2D eigenvalue weighted by molar-refractivity contribution is 7.93. The lowest BCUT2D eigenvalue weighted by Crippen LogP contribution is -2.48. The van der Waals surface area contributed by atoms with E-state index in [4.69, 9.17) is 5.41 Å². The van der Waals surface area contributed by atoms with Crippen molar-refractivity contribution in [1.29, 1.82) is 10.7 Å². The molecule has 0 radical (unpaired) electrons. The molecule has 0 spiro atoms. The van der Waals surface area contributed by atoms with Crippen LogP contribution < -0.4 is 4.72 Å². The second kappa shape index (κ2) is 10.4. The average molecular weight is 511 g/mol. The van der Waals surface area contributed by atoms with Crippen LogP contribution in [-0.4, -0.2) is 55.2 Å². The first-order valence-electron chi connectivity index (χ1n) is 12.0. The van der Waals surface area contributed by atoms with Crippen LogP contribution in [0.2, 0.25) is 0 Å². The predicted molar refractivity (Wildman–Crippen MR) is 144 cm³/mol.